The van der Waals surface area contributed by atoms with Gasteiger partial charge in [0.2, 0.25) is 11.8 Å². The van der Waals surface area contributed by atoms with E-state index in [1.807, 2.05) is 6.07 Å². The predicted octanol–water partition coefficient (Wildman–Crippen LogP) is -0.644. The number of carbonyl (C=O) groups excluding carboxylic acids is 2. The Hall–Kier alpha value is -1.93. The first kappa shape index (κ1) is 17.4. The van der Waals surface area contributed by atoms with Crippen LogP contribution in [-0.4, -0.2) is 48.1 Å². The van der Waals surface area contributed by atoms with Crippen LogP contribution in [0.2, 0.25) is 0 Å². The molecule has 1 aliphatic rings. The summed E-state index contributed by atoms with van der Waals surface area (Å²) < 4.78 is 23.5. The molecule has 2 amide bonds. The number of hydrogen-bond donors (Lipinski definition) is 3. The van der Waals surface area contributed by atoms with E-state index in [4.69, 9.17) is 0 Å². The van der Waals surface area contributed by atoms with E-state index in [1.54, 1.807) is 24.3 Å². The van der Waals surface area contributed by atoms with Gasteiger partial charge in [0.15, 0.2) is 15.2 Å². The molecule has 2 atom stereocenters. The van der Waals surface area contributed by atoms with E-state index in [0.717, 1.165) is 5.56 Å². The molecule has 0 spiro atoms. The van der Waals surface area contributed by atoms with Crippen LogP contribution in [0.5, 0.6) is 0 Å². The van der Waals surface area contributed by atoms with Gasteiger partial charge in [-0.15, -0.1) is 0 Å². The van der Waals surface area contributed by atoms with Gasteiger partial charge in [-0.25, -0.2) is 8.42 Å². The Balaban J connectivity index is 2.07. The number of benzene rings is 1. The van der Waals surface area contributed by atoms with Crippen molar-refractivity contribution in [1.82, 2.24) is 10.6 Å². The fourth-order valence-corrected chi connectivity index (χ4v) is 3.88. The lowest BCUT2D eigenvalue weighted by Crippen LogP contribution is -2.73. The number of nitrogens with one attached hydrogen (secondary N) is 2. The Bertz CT molecular complexity index is 700. The molecular formula is C15H20N2O5S. The summed E-state index contributed by atoms with van der Waals surface area (Å²) in [6.07, 6.45) is 0.0563. The molecule has 126 valence electrons. The molecule has 1 aromatic rings. The summed E-state index contributed by atoms with van der Waals surface area (Å²) in [5.41, 5.74) is 0.764. The van der Waals surface area contributed by atoms with Crippen molar-refractivity contribution in [2.24, 2.45) is 0 Å². The van der Waals surface area contributed by atoms with Gasteiger partial charge >= 0.3 is 0 Å². The standard InChI is InChI=1S/C15H20N2O5S/c1-15(2,9-18)23(21,22)14-12(13(20)17-14)16-11(19)8-10-6-4-3-5-7-10/h3-7,12,14,18H,8-9H2,1-2H3,(H,16,19)(H,17,20). The third kappa shape index (κ3) is 3.37. The minimum absolute atomic E-state index is 0.0563. The fourth-order valence-electron chi connectivity index (χ4n) is 2.19. The van der Waals surface area contributed by atoms with Crippen LogP contribution in [-0.2, 0) is 25.8 Å². The maximum absolute atomic E-state index is 12.4. The Kier molecular flexibility index (Phi) is 4.76. The van der Waals surface area contributed by atoms with E-state index >= 15 is 0 Å². The van der Waals surface area contributed by atoms with E-state index in [-0.39, 0.29) is 6.42 Å². The predicted molar refractivity (Wildman–Crippen MR) is 84.1 cm³/mol. The quantitative estimate of drug-likeness (QED) is 0.596. The maximum Gasteiger partial charge on any atom is 0.246 e. The van der Waals surface area contributed by atoms with Crippen molar-refractivity contribution in [2.45, 2.75) is 36.4 Å². The molecule has 0 aromatic heterocycles. The normalized spacial score (nSPS) is 21.3. The van der Waals surface area contributed by atoms with Crippen LogP contribution in [0.25, 0.3) is 0 Å². The first-order valence-electron chi connectivity index (χ1n) is 7.17. The van der Waals surface area contributed by atoms with Gasteiger partial charge < -0.3 is 15.7 Å². The summed E-state index contributed by atoms with van der Waals surface area (Å²) >= 11 is 0. The molecule has 1 aliphatic heterocycles. The molecule has 0 bridgehead atoms. The van der Waals surface area contributed by atoms with Gasteiger partial charge in [0.05, 0.1) is 17.8 Å². The van der Waals surface area contributed by atoms with Gasteiger partial charge in [-0.3, -0.25) is 9.59 Å². The molecular weight excluding hydrogens is 320 g/mol. The molecule has 0 saturated carbocycles. The molecule has 1 saturated heterocycles. The number of amides is 2. The van der Waals surface area contributed by atoms with Crippen molar-refractivity contribution in [1.29, 1.82) is 0 Å². The van der Waals surface area contributed by atoms with Gasteiger partial charge in [-0.2, -0.15) is 0 Å². The molecule has 3 N–H and O–H groups in total. The van der Waals surface area contributed by atoms with Gasteiger partial charge in [0.1, 0.15) is 6.04 Å². The van der Waals surface area contributed by atoms with Crippen LogP contribution >= 0.6 is 0 Å². The summed E-state index contributed by atoms with van der Waals surface area (Å²) in [7, 11) is -3.85. The van der Waals surface area contributed by atoms with Crippen molar-refractivity contribution >= 4 is 21.7 Å². The summed E-state index contributed by atoms with van der Waals surface area (Å²) in [4.78, 5) is 23.7. The number of hydrogen-bond acceptors (Lipinski definition) is 5. The van der Waals surface area contributed by atoms with Crippen LogP contribution in [0.4, 0.5) is 0 Å². The molecule has 8 heteroatoms. The smallest absolute Gasteiger partial charge is 0.246 e. The second-order valence-corrected chi connectivity index (χ2v) is 8.80. The van der Waals surface area contributed by atoms with Crippen LogP contribution in [0, 0.1) is 0 Å². The SMILES string of the molecule is CC(C)(CO)S(=O)(=O)C1NC(=O)C1NC(=O)Cc1ccccc1. The lowest BCUT2D eigenvalue weighted by atomic mass is 10.1. The third-order valence-corrected chi connectivity index (χ3v) is 6.61. The third-order valence-electron chi connectivity index (χ3n) is 3.88. The maximum atomic E-state index is 12.4. The van der Waals surface area contributed by atoms with Crippen molar-refractivity contribution in [3.8, 4) is 0 Å². The second kappa shape index (κ2) is 6.29. The fraction of sp³-hybridized carbons (Fsp3) is 0.467. The van der Waals surface area contributed by atoms with Crippen molar-refractivity contribution in [3.63, 3.8) is 0 Å². The van der Waals surface area contributed by atoms with Crippen molar-refractivity contribution in [2.75, 3.05) is 6.61 Å². The number of carbonyl (C=O) groups is 2. The van der Waals surface area contributed by atoms with Gasteiger partial charge in [0.25, 0.3) is 0 Å². The molecule has 1 heterocycles. The number of β-lactam (4-membered cyclic amide) rings is 1. The highest BCUT2D eigenvalue weighted by Crippen LogP contribution is 2.25. The number of rotatable bonds is 6. The Morgan fingerprint density at radius 1 is 1.30 bits per heavy atom. The average molecular weight is 340 g/mol. The topological polar surface area (TPSA) is 113 Å². The highest BCUT2D eigenvalue weighted by molar-refractivity contribution is 7.93. The molecule has 1 fully saturated rings. The Morgan fingerprint density at radius 2 is 1.91 bits per heavy atom. The first-order valence-corrected chi connectivity index (χ1v) is 8.71. The van der Waals surface area contributed by atoms with Crippen LogP contribution in [0.3, 0.4) is 0 Å². The molecule has 23 heavy (non-hydrogen) atoms. The van der Waals surface area contributed by atoms with Gasteiger partial charge in [0, 0.05) is 0 Å². The molecule has 1 aromatic carbocycles. The zero-order chi connectivity index (χ0) is 17.3. The summed E-state index contributed by atoms with van der Waals surface area (Å²) in [5.74, 6) is -0.980. The number of aliphatic hydroxyl groups is 1. The average Bonchev–Trinajstić information content (AvgIpc) is 2.51. The zero-order valence-electron chi connectivity index (χ0n) is 12.9. The minimum Gasteiger partial charge on any atom is -0.395 e. The number of aliphatic hydroxyl groups excluding tert-OH is 1. The summed E-state index contributed by atoms with van der Waals surface area (Å²) in [5, 5.41) is 12.8. The number of sulfone groups is 1. The molecule has 0 radical (unpaired) electrons. The van der Waals surface area contributed by atoms with Crippen molar-refractivity contribution in [3.05, 3.63) is 35.9 Å². The highest BCUT2D eigenvalue weighted by atomic mass is 32.2. The van der Waals surface area contributed by atoms with Crippen molar-refractivity contribution < 1.29 is 23.1 Å². The second-order valence-electron chi connectivity index (χ2n) is 6.10. The van der Waals surface area contributed by atoms with E-state index in [9.17, 15) is 23.1 Å². The van der Waals surface area contributed by atoms with Gasteiger partial charge in [-0.05, 0) is 19.4 Å². The zero-order valence-corrected chi connectivity index (χ0v) is 13.8. The van der Waals surface area contributed by atoms with Crippen LogP contribution in [0.15, 0.2) is 30.3 Å². The Morgan fingerprint density at radius 3 is 2.43 bits per heavy atom. The van der Waals surface area contributed by atoms with Gasteiger partial charge in [-0.1, -0.05) is 30.3 Å². The lowest BCUT2D eigenvalue weighted by Gasteiger charge is -2.40. The Labute approximate surface area is 135 Å². The van der Waals surface area contributed by atoms with E-state index < -0.39 is 44.4 Å². The largest absolute Gasteiger partial charge is 0.395 e. The van der Waals surface area contributed by atoms with E-state index in [1.165, 1.54) is 13.8 Å². The molecule has 7 nitrogen and oxygen atoms in total. The van der Waals surface area contributed by atoms with Crippen LogP contribution in [0.1, 0.15) is 19.4 Å². The highest BCUT2D eigenvalue weighted by Gasteiger charge is 2.53. The van der Waals surface area contributed by atoms with E-state index in [2.05, 4.69) is 10.6 Å². The van der Waals surface area contributed by atoms with E-state index in [0.29, 0.717) is 0 Å². The minimum atomic E-state index is -3.85. The monoisotopic (exact) mass is 340 g/mol. The summed E-state index contributed by atoms with van der Waals surface area (Å²) in [6.45, 7) is 2.16. The van der Waals surface area contributed by atoms with Crippen LogP contribution < -0.4 is 10.6 Å². The molecule has 2 rings (SSSR count). The lowest BCUT2D eigenvalue weighted by molar-refractivity contribution is -0.134. The molecule has 0 aliphatic carbocycles. The summed E-state index contributed by atoms with van der Waals surface area (Å²) in [6, 6.07) is 7.79. The first-order chi connectivity index (χ1) is 10.7. The molecule has 2 unspecified atom stereocenters.